The number of hydrogen-bond donors (Lipinski definition) is 1. The number of aryl methyl sites for hydroxylation is 1. The minimum atomic E-state index is 0.249. The van der Waals surface area contributed by atoms with Gasteiger partial charge in [0.05, 0.1) is 12.6 Å². The Morgan fingerprint density at radius 2 is 2.35 bits per heavy atom. The van der Waals surface area contributed by atoms with Crippen LogP contribution in [0.5, 0.6) is 0 Å². The lowest BCUT2D eigenvalue weighted by Crippen LogP contribution is -2.24. The molecule has 0 spiro atoms. The third-order valence-corrected chi connectivity index (χ3v) is 4.20. The van der Waals surface area contributed by atoms with Crippen molar-refractivity contribution in [3.8, 4) is 0 Å². The first-order valence-corrected chi connectivity index (χ1v) is 6.65. The maximum atomic E-state index is 9.52. The minimum Gasteiger partial charge on any atom is -0.394 e. The lowest BCUT2D eigenvalue weighted by atomic mass is 10.0. The average molecular weight is 235 g/mol. The fourth-order valence-corrected chi connectivity index (χ4v) is 3.29. The van der Waals surface area contributed by atoms with Crippen molar-refractivity contribution in [2.24, 2.45) is 0 Å². The Kier molecular flexibility index (Phi) is 2.92. The summed E-state index contributed by atoms with van der Waals surface area (Å²) in [7, 11) is 2.17. The van der Waals surface area contributed by atoms with Crippen LogP contribution in [0.1, 0.15) is 42.7 Å². The van der Waals surface area contributed by atoms with Crippen molar-refractivity contribution in [2.45, 2.75) is 37.6 Å². The van der Waals surface area contributed by atoms with Crippen LogP contribution in [0.25, 0.3) is 0 Å². The van der Waals surface area contributed by atoms with E-state index in [1.165, 1.54) is 24.4 Å². The molecule has 2 atom stereocenters. The molecule has 0 aromatic carbocycles. The van der Waals surface area contributed by atoms with Crippen LogP contribution in [-0.2, 0) is 6.42 Å². The zero-order valence-electron chi connectivity index (χ0n) is 10.5. The Bertz CT molecular complexity index is 401. The molecular weight excluding hydrogens is 214 g/mol. The molecule has 0 saturated carbocycles. The highest BCUT2D eigenvalue weighted by molar-refractivity contribution is 5.15. The van der Waals surface area contributed by atoms with Gasteiger partial charge in [0.15, 0.2) is 0 Å². The van der Waals surface area contributed by atoms with Crippen LogP contribution >= 0.6 is 0 Å². The van der Waals surface area contributed by atoms with Crippen molar-refractivity contribution in [2.75, 3.05) is 26.7 Å². The van der Waals surface area contributed by atoms with E-state index in [2.05, 4.69) is 21.5 Å². The van der Waals surface area contributed by atoms with Gasteiger partial charge in [-0.15, -0.1) is 0 Å². The van der Waals surface area contributed by atoms with E-state index in [0.717, 1.165) is 25.9 Å². The second-order valence-electron chi connectivity index (χ2n) is 5.45. The molecule has 0 radical (unpaired) electrons. The van der Waals surface area contributed by atoms with Gasteiger partial charge < -0.3 is 14.6 Å². The maximum absolute atomic E-state index is 9.52. The van der Waals surface area contributed by atoms with Crippen molar-refractivity contribution < 1.29 is 5.11 Å². The second-order valence-corrected chi connectivity index (χ2v) is 5.45. The van der Waals surface area contributed by atoms with E-state index >= 15 is 0 Å². The van der Waals surface area contributed by atoms with Crippen LogP contribution in [0, 0.1) is 0 Å². The number of rotatable bonds is 2. The third-order valence-electron chi connectivity index (χ3n) is 4.20. The Labute approximate surface area is 102 Å². The number of aliphatic hydroxyl groups is 1. The zero-order chi connectivity index (χ0) is 11.8. The van der Waals surface area contributed by atoms with Crippen LogP contribution in [0.2, 0.25) is 0 Å². The van der Waals surface area contributed by atoms with E-state index in [1.807, 2.05) is 6.20 Å². The third kappa shape index (κ3) is 1.89. The molecule has 3 rings (SSSR count). The quantitative estimate of drug-likeness (QED) is 0.836. The minimum absolute atomic E-state index is 0.249. The number of nitrogens with zero attached hydrogens (tertiary/aromatic N) is 3. The number of hydrogen-bond acceptors (Lipinski definition) is 3. The molecule has 1 fully saturated rings. The van der Waals surface area contributed by atoms with Crippen LogP contribution in [0.4, 0.5) is 0 Å². The van der Waals surface area contributed by atoms with Crippen LogP contribution in [-0.4, -0.2) is 46.3 Å². The van der Waals surface area contributed by atoms with Crippen molar-refractivity contribution in [1.29, 1.82) is 0 Å². The van der Waals surface area contributed by atoms with Crippen molar-refractivity contribution >= 4 is 0 Å². The van der Waals surface area contributed by atoms with Crippen LogP contribution < -0.4 is 0 Å². The highest BCUT2D eigenvalue weighted by atomic mass is 16.3. The van der Waals surface area contributed by atoms with Gasteiger partial charge in [0.2, 0.25) is 0 Å². The van der Waals surface area contributed by atoms with Gasteiger partial charge in [0.25, 0.3) is 0 Å². The molecule has 17 heavy (non-hydrogen) atoms. The first-order valence-electron chi connectivity index (χ1n) is 6.65. The summed E-state index contributed by atoms with van der Waals surface area (Å²) in [5.41, 5.74) is 1.32. The number of fused-ring (bicyclic) bond motifs is 1. The summed E-state index contributed by atoms with van der Waals surface area (Å²) in [4.78, 5) is 7.00. The van der Waals surface area contributed by atoms with E-state index < -0.39 is 0 Å². The van der Waals surface area contributed by atoms with Gasteiger partial charge in [0.1, 0.15) is 5.82 Å². The summed E-state index contributed by atoms with van der Waals surface area (Å²) in [6, 6.07) is 0.266. The van der Waals surface area contributed by atoms with E-state index in [9.17, 15) is 5.11 Å². The van der Waals surface area contributed by atoms with E-state index in [0.29, 0.717) is 5.92 Å². The molecule has 2 aliphatic heterocycles. The molecule has 0 bridgehead atoms. The van der Waals surface area contributed by atoms with Crippen molar-refractivity contribution in [1.82, 2.24) is 14.5 Å². The highest BCUT2D eigenvalue weighted by Crippen LogP contribution is 2.32. The predicted molar refractivity (Wildman–Crippen MR) is 66.1 cm³/mol. The smallest absolute Gasteiger partial charge is 0.113 e. The number of likely N-dealkylation sites (N-methyl/N-ethyl adjacent to an activating group) is 1. The standard InChI is InChI=1S/C13H21N3O/c1-15-6-5-10(8-15)13-14-7-11-3-2-4-12(9-17)16(11)13/h7,10,12,17H,2-6,8-9H2,1H3. The second kappa shape index (κ2) is 4.42. The molecule has 4 nitrogen and oxygen atoms in total. The largest absolute Gasteiger partial charge is 0.394 e. The summed E-state index contributed by atoms with van der Waals surface area (Å²) >= 11 is 0. The predicted octanol–water partition coefficient (Wildman–Crippen LogP) is 1.17. The molecule has 1 aromatic heterocycles. The fraction of sp³-hybridized carbons (Fsp3) is 0.769. The number of aromatic nitrogens is 2. The van der Waals surface area contributed by atoms with Gasteiger partial charge in [-0.25, -0.2) is 4.98 Å². The SMILES string of the molecule is CN1CCC(c2ncc3n2C(CO)CCC3)C1. The molecule has 2 aliphatic rings. The fourth-order valence-electron chi connectivity index (χ4n) is 3.29. The van der Waals surface area contributed by atoms with Gasteiger partial charge in [-0.1, -0.05) is 0 Å². The summed E-state index contributed by atoms with van der Waals surface area (Å²) in [5.74, 6) is 1.77. The van der Waals surface area contributed by atoms with E-state index in [1.54, 1.807) is 0 Å². The van der Waals surface area contributed by atoms with Crippen molar-refractivity contribution in [3.05, 3.63) is 17.7 Å². The summed E-state index contributed by atoms with van der Waals surface area (Å²) < 4.78 is 2.33. The van der Waals surface area contributed by atoms with E-state index in [4.69, 9.17) is 0 Å². The first-order chi connectivity index (χ1) is 8.29. The first kappa shape index (κ1) is 11.2. The number of likely N-dealkylation sites (tertiary alicyclic amines) is 1. The molecule has 1 aromatic rings. The van der Waals surface area contributed by atoms with Crippen LogP contribution in [0.3, 0.4) is 0 Å². The van der Waals surface area contributed by atoms with Gasteiger partial charge in [0, 0.05) is 24.4 Å². The molecule has 0 amide bonds. The molecular formula is C13H21N3O. The van der Waals surface area contributed by atoms with Crippen molar-refractivity contribution in [3.63, 3.8) is 0 Å². The molecule has 3 heterocycles. The lowest BCUT2D eigenvalue weighted by Gasteiger charge is -2.27. The molecule has 94 valence electrons. The van der Waals surface area contributed by atoms with Gasteiger partial charge in [-0.2, -0.15) is 0 Å². The Morgan fingerprint density at radius 3 is 3.06 bits per heavy atom. The lowest BCUT2D eigenvalue weighted by molar-refractivity contribution is 0.203. The normalized spacial score (nSPS) is 29.5. The summed E-state index contributed by atoms with van der Waals surface area (Å²) in [6.45, 7) is 2.52. The van der Waals surface area contributed by atoms with Crippen LogP contribution in [0.15, 0.2) is 6.20 Å². The maximum Gasteiger partial charge on any atom is 0.113 e. The van der Waals surface area contributed by atoms with Gasteiger partial charge in [-0.3, -0.25) is 0 Å². The van der Waals surface area contributed by atoms with Gasteiger partial charge in [-0.05, 0) is 39.3 Å². The monoisotopic (exact) mass is 235 g/mol. The van der Waals surface area contributed by atoms with E-state index in [-0.39, 0.29) is 12.6 Å². The Hall–Kier alpha value is -0.870. The molecule has 4 heteroatoms. The molecule has 0 aliphatic carbocycles. The summed E-state index contributed by atoms with van der Waals surface area (Å²) in [5, 5.41) is 9.52. The Morgan fingerprint density at radius 1 is 1.47 bits per heavy atom. The Balaban J connectivity index is 1.93. The van der Waals surface area contributed by atoms with Gasteiger partial charge >= 0.3 is 0 Å². The average Bonchev–Trinajstić information content (AvgIpc) is 2.94. The summed E-state index contributed by atoms with van der Waals surface area (Å²) in [6.07, 6.45) is 6.61. The highest BCUT2D eigenvalue weighted by Gasteiger charge is 2.30. The number of aliphatic hydroxyl groups excluding tert-OH is 1. The molecule has 2 unspecified atom stereocenters. The topological polar surface area (TPSA) is 41.3 Å². The molecule has 1 saturated heterocycles. The zero-order valence-corrected chi connectivity index (χ0v) is 10.5. The number of imidazole rings is 1. The molecule has 1 N–H and O–H groups in total.